The third kappa shape index (κ3) is 4.37. The Morgan fingerprint density at radius 1 is 0.969 bits per heavy atom. The summed E-state index contributed by atoms with van der Waals surface area (Å²) < 4.78 is 40.1. The summed E-state index contributed by atoms with van der Waals surface area (Å²) in [5, 5.41) is 3.28. The number of carbonyl (C=O) groups excluding carboxylic acids is 1. The zero-order valence-corrected chi connectivity index (χ0v) is 18.7. The molecule has 1 N–H and O–H groups in total. The van der Waals surface area contributed by atoms with E-state index in [9.17, 15) is 18.0 Å². The normalized spacial score (nSPS) is 27.8. The van der Waals surface area contributed by atoms with Gasteiger partial charge in [-0.05, 0) is 55.9 Å². The summed E-state index contributed by atoms with van der Waals surface area (Å²) >= 11 is 0. The highest BCUT2D eigenvalue weighted by atomic mass is 19.4. The summed E-state index contributed by atoms with van der Waals surface area (Å²) in [6.07, 6.45) is 6.51. The van der Waals surface area contributed by atoms with E-state index >= 15 is 0 Å². The Hall–Kier alpha value is -1.76. The Morgan fingerprint density at radius 3 is 2.41 bits per heavy atom. The maximum atomic E-state index is 13.5. The second kappa shape index (κ2) is 8.88. The van der Waals surface area contributed by atoms with Crippen molar-refractivity contribution in [2.75, 3.05) is 24.5 Å². The van der Waals surface area contributed by atoms with Crippen LogP contribution in [-0.2, 0) is 17.4 Å². The summed E-state index contributed by atoms with van der Waals surface area (Å²) in [6.45, 7) is 2.51. The first-order chi connectivity index (χ1) is 15.4. The molecule has 0 radical (unpaired) electrons. The van der Waals surface area contributed by atoms with Gasteiger partial charge in [-0.1, -0.05) is 32.1 Å². The van der Waals surface area contributed by atoms with Gasteiger partial charge in [-0.15, -0.1) is 0 Å². The lowest BCUT2D eigenvalue weighted by atomic mass is 9.82. The number of piperazine rings is 1. The van der Waals surface area contributed by atoms with Gasteiger partial charge < -0.3 is 10.2 Å². The molecule has 0 bridgehead atoms. The number of carbonyl (C=O) groups is 1. The molecular weight excluding hydrogens is 415 g/mol. The predicted molar refractivity (Wildman–Crippen MR) is 119 cm³/mol. The number of rotatable bonds is 3. The van der Waals surface area contributed by atoms with Gasteiger partial charge in [-0.3, -0.25) is 9.69 Å². The van der Waals surface area contributed by atoms with Gasteiger partial charge in [-0.2, -0.15) is 13.2 Å². The minimum Gasteiger partial charge on any atom is -0.365 e. The zero-order valence-electron chi connectivity index (χ0n) is 18.7. The largest absolute Gasteiger partial charge is 0.416 e. The zero-order chi connectivity index (χ0) is 22.3. The van der Waals surface area contributed by atoms with Crippen LogP contribution in [0.15, 0.2) is 18.2 Å². The average Bonchev–Trinajstić information content (AvgIpc) is 3.33. The van der Waals surface area contributed by atoms with Crippen molar-refractivity contribution in [3.63, 3.8) is 0 Å². The van der Waals surface area contributed by atoms with E-state index in [1.807, 2.05) is 0 Å². The fourth-order valence-corrected chi connectivity index (χ4v) is 6.48. The van der Waals surface area contributed by atoms with Crippen molar-refractivity contribution in [3.05, 3.63) is 29.3 Å². The van der Waals surface area contributed by atoms with Crippen LogP contribution >= 0.6 is 0 Å². The van der Waals surface area contributed by atoms with Crippen LogP contribution in [0.1, 0.15) is 68.9 Å². The monoisotopic (exact) mass is 449 g/mol. The maximum absolute atomic E-state index is 13.5. The highest BCUT2D eigenvalue weighted by Crippen LogP contribution is 2.40. The van der Waals surface area contributed by atoms with Crippen molar-refractivity contribution in [3.8, 4) is 0 Å². The highest BCUT2D eigenvalue weighted by molar-refractivity contribution is 5.82. The summed E-state index contributed by atoms with van der Waals surface area (Å²) in [6, 6.07) is 4.93. The summed E-state index contributed by atoms with van der Waals surface area (Å²) in [5.74, 6) is -0.277. The fourth-order valence-electron chi connectivity index (χ4n) is 6.48. The smallest absolute Gasteiger partial charge is 0.365 e. The second-order valence-corrected chi connectivity index (χ2v) is 10.2. The van der Waals surface area contributed by atoms with Gasteiger partial charge in [-0.25, -0.2) is 0 Å². The van der Waals surface area contributed by atoms with E-state index in [-0.39, 0.29) is 23.9 Å². The topological polar surface area (TPSA) is 35.6 Å². The highest BCUT2D eigenvalue weighted by Gasteiger charge is 2.44. The molecule has 1 saturated heterocycles. The summed E-state index contributed by atoms with van der Waals surface area (Å²) in [7, 11) is 0. The molecule has 0 unspecified atom stereocenters. The standard InChI is InChI=1S/C25H34F3N3O/c26-25(27,28)18-10-11-22-17(14-18)15-21(24(32)29-19-6-2-1-3-7-19)23-16-30(12-13-31(22)23)20-8-4-5-9-20/h10-11,14,19-21,23H,1-9,12-13,15-16H2,(H,29,32)/t21-,23-/m1/s1. The van der Waals surface area contributed by atoms with Gasteiger partial charge in [0.15, 0.2) is 0 Å². The molecule has 0 spiro atoms. The fraction of sp³-hybridized carbons (Fsp3) is 0.720. The van der Waals surface area contributed by atoms with Gasteiger partial charge in [0.1, 0.15) is 0 Å². The quantitative estimate of drug-likeness (QED) is 0.723. The molecule has 2 atom stereocenters. The van der Waals surface area contributed by atoms with Crippen LogP contribution in [0.4, 0.5) is 18.9 Å². The van der Waals surface area contributed by atoms with Crippen molar-refractivity contribution in [2.45, 2.75) is 88.5 Å². The minimum absolute atomic E-state index is 0.0252. The number of halogens is 3. The molecule has 3 fully saturated rings. The van der Waals surface area contributed by atoms with Crippen LogP contribution in [-0.4, -0.2) is 48.6 Å². The predicted octanol–water partition coefficient (Wildman–Crippen LogP) is 4.76. The Balaban J connectivity index is 1.42. The van der Waals surface area contributed by atoms with E-state index in [2.05, 4.69) is 15.1 Å². The van der Waals surface area contributed by atoms with Crippen LogP contribution in [0.3, 0.4) is 0 Å². The number of anilines is 1. The first kappa shape index (κ1) is 22.1. The molecule has 2 saturated carbocycles. The molecule has 176 valence electrons. The minimum atomic E-state index is -4.37. The molecule has 1 aromatic carbocycles. The van der Waals surface area contributed by atoms with Gasteiger partial charge >= 0.3 is 6.18 Å². The number of amides is 1. The average molecular weight is 450 g/mol. The number of hydrogen-bond donors (Lipinski definition) is 1. The van der Waals surface area contributed by atoms with E-state index in [1.165, 1.54) is 44.2 Å². The van der Waals surface area contributed by atoms with Crippen molar-refractivity contribution < 1.29 is 18.0 Å². The molecule has 1 amide bonds. The van der Waals surface area contributed by atoms with E-state index in [0.29, 0.717) is 18.0 Å². The number of alkyl halides is 3. The Labute approximate surface area is 188 Å². The molecule has 2 aliphatic heterocycles. The van der Waals surface area contributed by atoms with Crippen LogP contribution < -0.4 is 10.2 Å². The molecule has 32 heavy (non-hydrogen) atoms. The Morgan fingerprint density at radius 2 is 1.69 bits per heavy atom. The van der Waals surface area contributed by atoms with Crippen LogP contribution in [0.25, 0.3) is 0 Å². The lowest BCUT2D eigenvalue weighted by Gasteiger charge is -2.50. The number of nitrogens with zero attached hydrogens (tertiary/aromatic N) is 2. The SMILES string of the molecule is O=C(NC1CCCCC1)[C@@H]1Cc2cc(C(F)(F)F)ccc2N2CCN(C3CCCC3)C[C@H]12. The summed E-state index contributed by atoms with van der Waals surface area (Å²) in [4.78, 5) is 18.2. The molecule has 0 aromatic heterocycles. The third-order valence-electron chi connectivity index (χ3n) is 8.20. The third-order valence-corrected chi connectivity index (χ3v) is 8.20. The lowest BCUT2D eigenvalue weighted by molar-refractivity contribution is -0.137. The number of benzene rings is 1. The summed E-state index contributed by atoms with van der Waals surface area (Å²) in [5.41, 5.74) is 0.927. The molecule has 7 heteroatoms. The second-order valence-electron chi connectivity index (χ2n) is 10.2. The van der Waals surface area contributed by atoms with Crippen molar-refractivity contribution in [1.82, 2.24) is 10.2 Å². The number of nitrogens with one attached hydrogen (secondary N) is 1. The van der Waals surface area contributed by atoms with Crippen molar-refractivity contribution >= 4 is 11.6 Å². The first-order valence-corrected chi connectivity index (χ1v) is 12.4. The Bertz CT molecular complexity index is 830. The molecule has 2 aliphatic carbocycles. The molecule has 5 rings (SSSR count). The maximum Gasteiger partial charge on any atom is 0.416 e. The van der Waals surface area contributed by atoms with Crippen molar-refractivity contribution in [1.29, 1.82) is 0 Å². The van der Waals surface area contributed by atoms with E-state index in [0.717, 1.165) is 51.0 Å². The molecule has 1 aromatic rings. The lowest BCUT2D eigenvalue weighted by Crippen LogP contribution is -2.62. The Kier molecular flexibility index (Phi) is 6.12. The van der Waals surface area contributed by atoms with E-state index in [4.69, 9.17) is 0 Å². The van der Waals surface area contributed by atoms with Gasteiger partial charge in [0.2, 0.25) is 5.91 Å². The number of hydrogen-bond acceptors (Lipinski definition) is 3. The molecular formula is C25H34F3N3O. The van der Waals surface area contributed by atoms with Gasteiger partial charge in [0, 0.05) is 37.4 Å². The van der Waals surface area contributed by atoms with Gasteiger partial charge in [0.05, 0.1) is 17.5 Å². The van der Waals surface area contributed by atoms with Gasteiger partial charge in [0.25, 0.3) is 0 Å². The van der Waals surface area contributed by atoms with Crippen molar-refractivity contribution in [2.24, 2.45) is 5.92 Å². The first-order valence-electron chi connectivity index (χ1n) is 12.4. The van der Waals surface area contributed by atoms with Crippen LogP contribution in [0, 0.1) is 5.92 Å². The van der Waals surface area contributed by atoms with E-state index < -0.39 is 11.7 Å². The molecule has 4 nitrogen and oxygen atoms in total. The van der Waals surface area contributed by atoms with Crippen LogP contribution in [0.5, 0.6) is 0 Å². The van der Waals surface area contributed by atoms with Crippen LogP contribution in [0.2, 0.25) is 0 Å². The molecule has 2 heterocycles. The van der Waals surface area contributed by atoms with E-state index in [1.54, 1.807) is 6.07 Å². The number of fused-ring (bicyclic) bond motifs is 3. The molecule has 4 aliphatic rings.